The molecular weight excluding hydrogens is 350 g/mol. The minimum absolute atomic E-state index is 0.0558. The molecule has 3 rings (SSSR count). The Morgan fingerprint density at radius 1 is 1.21 bits per heavy atom. The molecule has 0 aliphatic rings. The molecule has 0 fully saturated rings. The number of ether oxygens (including phenoxy) is 1. The molecule has 0 amide bonds. The second-order valence-corrected chi connectivity index (χ2v) is 7.04. The molecule has 0 spiro atoms. The minimum atomic E-state index is -3.76. The number of sulfonamides is 1. The van der Waals surface area contributed by atoms with E-state index in [0.29, 0.717) is 11.4 Å². The Balaban J connectivity index is 1.90. The summed E-state index contributed by atoms with van der Waals surface area (Å²) in [6.45, 7) is 0. The number of aromatic amines is 1. The van der Waals surface area contributed by atoms with Crippen LogP contribution in [0.4, 0.5) is 5.69 Å². The summed E-state index contributed by atoms with van der Waals surface area (Å²) in [7, 11) is -2.30. The number of hydrogen-bond donors (Lipinski definition) is 2. The number of anilines is 1. The molecule has 0 saturated heterocycles. The van der Waals surface area contributed by atoms with Gasteiger partial charge in [-0.05, 0) is 30.3 Å². The summed E-state index contributed by atoms with van der Waals surface area (Å²) in [5.41, 5.74) is 2.05. The lowest BCUT2D eigenvalue weighted by Crippen LogP contribution is -2.13. The third-order valence-electron chi connectivity index (χ3n) is 3.36. The average Bonchev–Trinajstić information content (AvgIpc) is 3.09. The first-order valence-electron chi connectivity index (χ1n) is 6.95. The molecular formula is C16H14ClN3O3S. The van der Waals surface area contributed by atoms with Crippen LogP contribution in [0.25, 0.3) is 11.3 Å². The summed E-state index contributed by atoms with van der Waals surface area (Å²) in [5, 5.41) is 0.228. The van der Waals surface area contributed by atoms with Crippen LogP contribution in [0, 0.1) is 0 Å². The Bertz CT molecular complexity index is 956. The SMILES string of the molecule is COc1ccc(S(=O)(=O)Nc2cccc(-c3cnc[nH]3)c2)cc1Cl. The van der Waals surface area contributed by atoms with Crippen LogP contribution in [-0.4, -0.2) is 25.5 Å². The molecule has 3 aromatic rings. The molecule has 0 bridgehead atoms. The van der Waals surface area contributed by atoms with Gasteiger partial charge in [0.05, 0.1) is 35.2 Å². The monoisotopic (exact) mass is 363 g/mol. The zero-order valence-corrected chi connectivity index (χ0v) is 14.2. The van der Waals surface area contributed by atoms with Crippen molar-refractivity contribution >= 4 is 27.3 Å². The number of aromatic nitrogens is 2. The Hall–Kier alpha value is -2.51. The smallest absolute Gasteiger partial charge is 0.261 e. The predicted molar refractivity (Wildman–Crippen MR) is 92.8 cm³/mol. The summed E-state index contributed by atoms with van der Waals surface area (Å²) in [5.74, 6) is 0.414. The van der Waals surface area contributed by atoms with Crippen molar-refractivity contribution in [2.75, 3.05) is 11.8 Å². The fourth-order valence-corrected chi connectivity index (χ4v) is 3.59. The highest BCUT2D eigenvalue weighted by Crippen LogP contribution is 2.28. The Labute approximate surface area is 144 Å². The first-order valence-corrected chi connectivity index (χ1v) is 8.81. The Morgan fingerprint density at radius 2 is 2.04 bits per heavy atom. The summed E-state index contributed by atoms with van der Waals surface area (Å²) in [4.78, 5) is 6.99. The predicted octanol–water partition coefficient (Wildman–Crippen LogP) is 3.54. The van der Waals surface area contributed by atoms with Crippen LogP contribution >= 0.6 is 11.6 Å². The van der Waals surface area contributed by atoms with E-state index in [2.05, 4.69) is 14.7 Å². The van der Waals surface area contributed by atoms with E-state index in [1.807, 2.05) is 6.07 Å². The van der Waals surface area contributed by atoms with Gasteiger partial charge in [0.2, 0.25) is 0 Å². The van der Waals surface area contributed by atoms with E-state index < -0.39 is 10.0 Å². The topological polar surface area (TPSA) is 84.1 Å². The number of H-pyrrole nitrogens is 1. The fraction of sp³-hybridized carbons (Fsp3) is 0.0625. The fourth-order valence-electron chi connectivity index (χ4n) is 2.19. The van der Waals surface area contributed by atoms with E-state index in [4.69, 9.17) is 16.3 Å². The molecule has 0 atom stereocenters. The Kier molecular flexibility index (Phi) is 4.46. The van der Waals surface area contributed by atoms with Gasteiger partial charge in [0, 0.05) is 11.3 Å². The van der Waals surface area contributed by atoms with Crippen LogP contribution in [0.15, 0.2) is 59.9 Å². The number of hydrogen-bond acceptors (Lipinski definition) is 4. The van der Waals surface area contributed by atoms with Crippen molar-refractivity contribution in [2.45, 2.75) is 4.90 Å². The van der Waals surface area contributed by atoms with Gasteiger partial charge < -0.3 is 9.72 Å². The normalized spacial score (nSPS) is 11.2. The molecule has 2 aromatic carbocycles. The van der Waals surface area contributed by atoms with Gasteiger partial charge in [0.1, 0.15) is 5.75 Å². The van der Waals surface area contributed by atoms with Crippen LogP contribution in [0.2, 0.25) is 5.02 Å². The third kappa shape index (κ3) is 3.37. The molecule has 0 radical (unpaired) electrons. The van der Waals surface area contributed by atoms with Crippen molar-refractivity contribution in [3.8, 4) is 17.0 Å². The Morgan fingerprint density at radius 3 is 2.71 bits per heavy atom. The van der Waals surface area contributed by atoms with Crippen LogP contribution in [-0.2, 0) is 10.0 Å². The lowest BCUT2D eigenvalue weighted by Gasteiger charge is -2.10. The van der Waals surface area contributed by atoms with Crippen molar-refractivity contribution in [1.82, 2.24) is 9.97 Å². The van der Waals surface area contributed by atoms with Gasteiger partial charge in [-0.25, -0.2) is 13.4 Å². The molecule has 6 nitrogen and oxygen atoms in total. The minimum Gasteiger partial charge on any atom is -0.495 e. The van der Waals surface area contributed by atoms with E-state index in [9.17, 15) is 8.42 Å². The number of nitrogens with one attached hydrogen (secondary N) is 2. The second kappa shape index (κ2) is 6.54. The highest BCUT2D eigenvalue weighted by molar-refractivity contribution is 7.92. The molecule has 24 heavy (non-hydrogen) atoms. The first kappa shape index (κ1) is 16.4. The molecule has 2 N–H and O–H groups in total. The third-order valence-corrected chi connectivity index (χ3v) is 5.03. The number of rotatable bonds is 5. The van der Waals surface area contributed by atoms with E-state index in [1.54, 1.807) is 30.7 Å². The van der Waals surface area contributed by atoms with Crippen LogP contribution in [0.3, 0.4) is 0 Å². The highest BCUT2D eigenvalue weighted by Gasteiger charge is 2.16. The lowest BCUT2D eigenvalue weighted by atomic mass is 10.1. The van der Waals surface area contributed by atoms with Crippen molar-refractivity contribution in [2.24, 2.45) is 0 Å². The zero-order valence-electron chi connectivity index (χ0n) is 12.7. The van der Waals surface area contributed by atoms with Gasteiger partial charge in [0.15, 0.2) is 0 Å². The van der Waals surface area contributed by atoms with Gasteiger partial charge >= 0.3 is 0 Å². The van der Waals surface area contributed by atoms with Crippen molar-refractivity contribution in [3.63, 3.8) is 0 Å². The summed E-state index contributed by atoms with van der Waals surface area (Å²) in [6.07, 6.45) is 3.22. The summed E-state index contributed by atoms with van der Waals surface area (Å²) in [6, 6.07) is 11.3. The van der Waals surface area contributed by atoms with Gasteiger partial charge in [-0.15, -0.1) is 0 Å². The van der Waals surface area contributed by atoms with Gasteiger partial charge in [0.25, 0.3) is 10.0 Å². The molecule has 0 saturated carbocycles. The quantitative estimate of drug-likeness (QED) is 0.726. The molecule has 8 heteroatoms. The van der Waals surface area contributed by atoms with Gasteiger partial charge in [-0.2, -0.15) is 0 Å². The maximum absolute atomic E-state index is 12.5. The zero-order chi connectivity index (χ0) is 17.2. The summed E-state index contributed by atoms with van der Waals surface area (Å²) >= 11 is 6.00. The van der Waals surface area contributed by atoms with E-state index in [1.165, 1.54) is 25.3 Å². The van der Waals surface area contributed by atoms with Crippen molar-refractivity contribution in [1.29, 1.82) is 0 Å². The summed E-state index contributed by atoms with van der Waals surface area (Å²) < 4.78 is 32.6. The van der Waals surface area contributed by atoms with E-state index >= 15 is 0 Å². The van der Waals surface area contributed by atoms with Crippen molar-refractivity contribution < 1.29 is 13.2 Å². The highest BCUT2D eigenvalue weighted by atomic mass is 35.5. The van der Waals surface area contributed by atoms with E-state index in [0.717, 1.165) is 11.3 Å². The average molecular weight is 364 g/mol. The van der Waals surface area contributed by atoms with Crippen molar-refractivity contribution in [3.05, 3.63) is 60.0 Å². The standard InChI is InChI=1S/C16H14ClN3O3S/c1-23-16-6-5-13(8-14(16)17)24(21,22)20-12-4-2-3-11(7-12)15-9-18-10-19-15/h2-10,20H,1H3,(H,18,19). The van der Waals surface area contributed by atoms with Gasteiger partial charge in [-0.3, -0.25) is 4.72 Å². The number of halogens is 1. The van der Waals surface area contributed by atoms with Crippen LogP contribution < -0.4 is 9.46 Å². The molecule has 124 valence electrons. The van der Waals surface area contributed by atoms with E-state index in [-0.39, 0.29) is 9.92 Å². The molecule has 1 aromatic heterocycles. The lowest BCUT2D eigenvalue weighted by molar-refractivity contribution is 0.414. The largest absolute Gasteiger partial charge is 0.495 e. The second-order valence-electron chi connectivity index (χ2n) is 4.95. The molecule has 1 heterocycles. The number of imidazole rings is 1. The number of nitrogens with zero attached hydrogens (tertiary/aromatic N) is 1. The maximum atomic E-state index is 12.5. The van der Waals surface area contributed by atoms with Crippen LogP contribution in [0.5, 0.6) is 5.75 Å². The first-order chi connectivity index (χ1) is 11.5. The molecule has 0 aliphatic carbocycles. The molecule has 0 unspecified atom stereocenters. The van der Waals surface area contributed by atoms with Crippen LogP contribution in [0.1, 0.15) is 0 Å². The number of benzene rings is 2. The maximum Gasteiger partial charge on any atom is 0.261 e. The number of methoxy groups -OCH3 is 1. The van der Waals surface area contributed by atoms with Gasteiger partial charge in [-0.1, -0.05) is 23.7 Å². The molecule has 0 aliphatic heterocycles.